The molecule has 0 spiro atoms. The molecule has 4 nitrogen and oxygen atoms in total. The molecule has 19 heavy (non-hydrogen) atoms. The molecule has 0 radical (unpaired) electrons. The van der Waals surface area contributed by atoms with E-state index in [1.54, 1.807) is 0 Å². The van der Waals surface area contributed by atoms with Crippen molar-refractivity contribution in [1.82, 2.24) is 16.0 Å². The normalized spacial score (nSPS) is 31.3. The van der Waals surface area contributed by atoms with E-state index in [-0.39, 0.29) is 5.91 Å². The molecule has 3 unspecified atom stereocenters. The molecule has 0 aromatic carbocycles. The van der Waals surface area contributed by atoms with E-state index in [1.165, 1.54) is 45.1 Å². The standard InChI is InChI=1S/C15H29N3O/c1-2-9-17-15(19)11-18-14-8-5-6-12(14)13-7-3-4-10-16-13/h12-14,16,18H,2-11H2,1H3,(H,17,19). The number of amides is 1. The first-order chi connectivity index (χ1) is 9.31. The molecule has 3 atom stereocenters. The molecule has 2 aliphatic rings. The van der Waals surface area contributed by atoms with Gasteiger partial charge in [0.25, 0.3) is 0 Å². The van der Waals surface area contributed by atoms with Crippen molar-refractivity contribution in [3.63, 3.8) is 0 Å². The van der Waals surface area contributed by atoms with Crippen LogP contribution >= 0.6 is 0 Å². The van der Waals surface area contributed by atoms with E-state index in [4.69, 9.17) is 0 Å². The third-order valence-electron chi connectivity index (χ3n) is 4.53. The Bertz CT molecular complexity index is 277. The number of hydrogen-bond acceptors (Lipinski definition) is 3. The van der Waals surface area contributed by atoms with E-state index in [2.05, 4.69) is 22.9 Å². The Morgan fingerprint density at radius 3 is 2.84 bits per heavy atom. The summed E-state index contributed by atoms with van der Waals surface area (Å²) in [6, 6.07) is 1.20. The summed E-state index contributed by atoms with van der Waals surface area (Å²) in [5.41, 5.74) is 0. The highest BCUT2D eigenvalue weighted by Gasteiger charge is 2.33. The Morgan fingerprint density at radius 1 is 1.21 bits per heavy atom. The van der Waals surface area contributed by atoms with Crippen LogP contribution < -0.4 is 16.0 Å². The molecule has 4 heteroatoms. The van der Waals surface area contributed by atoms with Crippen LogP contribution in [0.2, 0.25) is 0 Å². The van der Waals surface area contributed by atoms with Gasteiger partial charge in [0.15, 0.2) is 0 Å². The van der Waals surface area contributed by atoms with Gasteiger partial charge in [-0.1, -0.05) is 19.8 Å². The second-order valence-electron chi connectivity index (χ2n) is 5.99. The van der Waals surface area contributed by atoms with Gasteiger partial charge in [0.1, 0.15) is 0 Å². The van der Waals surface area contributed by atoms with Crippen molar-refractivity contribution >= 4 is 5.91 Å². The minimum atomic E-state index is 0.143. The van der Waals surface area contributed by atoms with Crippen molar-refractivity contribution in [2.45, 2.75) is 64.0 Å². The summed E-state index contributed by atoms with van der Waals surface area (Å²) < 4.78 is 0. The Morgan fingerprint density at radius 2 is 2.11 bits per heavy atom. The molecular weight excluding hydrogens is 238 g/mol. The summed E-state index contributed by atoms with van der Waals surface area (Å²) in [6.07, 6.45) is 8.83. The summed E-state index contributed by atoms with van der Waals surface area (Å²) in [5, 5.41) is 10.1. The highest BCUT2D eigenvalue weighted by atomic mass is 16.1. The first-order valence-corrected chi connectivity index (χ1v) is 8.04. The monoisotopic (exact) mass is 267 g/mol. The smallest absolute Gasteiger partial charge is 0.233 e. The third kappa shape index (κ3) is 4.46. The highest BCUT2D eigenvalue weighted by Crippen LogP contribution is 2.31. The minimum absolute atomic E-state index is 0.143. The quantitative estimate of drug-likeness (QED) is 0.682. The van der Waals surface area contributed by atoms with Crippen LogP contribution in [0.15, 0.2) is 0 Å². The van der Waals surface area contributed by atoms with E-state index in [1.807, 2.05) is 0 Å². The van der Waals surface area contributed by atoms with Crippen LogP contribution in [-0.2, 0) is 4.79 Å². The van der Waals surface area contributed by atoms with Crippen LogP contribution in [0.3, 0.4) is 0 Å². The van der Waals surface area contributed by atoms with Gasteiger partial charge in [-0.3, -0.25) is 4.79 Å². The molecular formula is C15H29N3O. The molecule has 1 aliphatic heterocycles. The first kappa shape index (κ1) is 14.8. The lowest BCUT2D eigenvalue weighted by atomic mass is 9.88. The number of rotatable bonds is 6. The van der Waals surface area contributed by atoms with Crippen LogP contribution in [0.25, 0.3) is 0 Å². The number of nitrogens with one attached hydrogen (secondary N) is 3. The van der Waals surface area contributed by atoms with E-state index in [0.29, 0.717) is 18.6 Å². The molecule has 1 saturated heterocycles. The van der Waals surface area contributed by atoms with Gasteiger partial charge in [0, 0.05) is 18.6 Å². The summed E-state index contributed by atoms with van der Waals surface area (Å²) in [6.45, 7) is 4.52. The van der Waals surface area contributed by atoms with Gasteiger partial charge in [-0.2, -0.15) is 0 Å². The molecule has 1 saturated carbocycles. The van der Waals surface area contributed by atoms with Crippen molar-refractivity contribution < 1.29 is 4.79 Å². The van der Waals surface area contributed by atoms with E-state index >= 15 is 0 Å². The van der Waals surface area contributed by atoms with Crippen LogP contribution in [0.5, 0.6) is 0 Å². The van der Waals surface area contributed by atoms with Gasteiger partial charge in [0.2, 0.25) is 5.91 Å². The van der Waals surface area contributed by atoms with Gasteiger partial charge in [-0.15, -0.1) is 0 Å². The second-order valence-corrected chi connectivity index (χ2v) is 5.99. The maximum atomic E-state index is 11.7. The number of piperidine rings is 1. The SMILES string of the molecule is CCCNC(=O)CNC1CCCC1C1CCCCN1. The molecule has 1 amide bonds. The van der Waals surface area contributed by atoms with Crippen molar-refractivity contribution in [2.75, 3.05) is 19.6 Å². The van der Waals surface area contributed by atoms with Crippen molar-refractivity contribution in [3.8, 4) is 0 Å². The zero-order valence-corrected chi connectivity index (χ0v) is 12.2. The molecule has 2 rings (SSSR count). The molecule has 0 bridgehead atoms. The zero-order chi connectivity index (χ0) is 13.5. The van der Waals surface area contributed by atoms with Crippen LogP contribution in [-0.4, -0.2) is 37.6 Å². The van der Waals surface area contributed by atoms with Gasteiger partial charge < -0.3 is 16.0 Å². The molecule has 0 aromatic heterocycles. The third-order valence-corrected chi connectivity index (χ3v) is 4.53. The number of carbonyl (C=O) groups excluding carboxylic acids is 1. The Kier molecular flexibility index (Phi) is 6.11. The fourth-order valence-electron chi connectivity index (χ4n) is 3.52. The predicted octanol–water partition coefficient (Wildman–Crippen LogP) is 1.41. The predicted molar refractivity (Wildman–Crippen MR) is 78.1 cm³/mol. The summed E-state index contributed by atoms with van der Waals surface area (Å²) >= 11 is 0. The molecule has 3 N–H and O–H groups in total. The largest absolute Gasteiger partial charge is 0.355 e. The van der Waals surface area contributed by atoms with Crippen molar-refractivity contribution in [1.29, 1.82) is 0 Å². The van der Waals surface area contributed by atoms with Gasteiger partial charge in [-0.05, 0) is 44.6 Å². The number of carbonyl (C=O) groups is 1. The molecule has 1 heterocycles. The highest BCUT2D eigenvalue weighted by molar-refractivity contribution is 5.77. The molecule has 110 valence electrons. The lowest BCUT2D eigenvalue weighted by Gasteiger charge is -2.33. The average Bonchev–Trinajstić information content (AvgIpc) is 2.92. The molecule has 0 aromatic rings. The Hall–Kier alpha value is -0.610. The van der Waals surface area contributed by atoms with Crippen molar-refractivity contribution in [2.24, 2.45) is 5.92 Å². The average molecular weight is 267 g/mol. The van der Waals surface area contributed by atoms with E-state index in [9.17, 15) is 4.79 Å². The van der Waals surface area contributed by atoms with Gasteiger partial charge in [0.05, 0.1) is 6.54 Å². The fourth-order valence-corrected chi connectivity index (χ4v) is 3.52. The maximum Gasteiger partial charge on any atom is 0.233 e. The van der Waals surface area contributed by atoms with E-state index in [0.717, 1.165) is 18.9 Å². The Labute approximate surface area is 117 Å². The lowest BCUT2D eigenvalue weighted by Crippen LogP contribution is -2.48. The van der Waals surface area contributed by atoms with Crippen molar-refractivity contribution in [3.05, 3.63) is 0 Å². The zero-order valence-electron chi connectivity index (χ0n) is 12.2. The topological polar surface area (TPSA) is 53.2 Å². The Balaban J connectivity index is 1.73. The summed E-state index contributed by atoms with van der Waals surface area (Å²) in [4.78, 5) is 11.7. The van der Waals surface area contributed by atoms with Crippen LogP contribution in [0.1, 0.15) is 51.9 Å². The minimum Gasteiger partial charge on any atom is -0.355 e. The summed E-state index contributed by atoms with van der Waals surface area (Å²) in [7, 11) is 0. The lowest BCUT2D eigenvalue weighted by molar-refractivity contribution is -0.120. The number of hydrogen-bond donors (Lipinski definition) is 3. The van der Waals surface area contributed by atoms with Crippen LogP contribution in [0, 0.1) is 5.92 Å². The second kappa shape index (κ2) is 7.85. The molecule has 2 fully saturated rings. The van der Waals surface area contributed by atoms with Gasteiger partial charge in [-0.25, -0.2) is 0 Å². The van der Waals surface area contributed by atoms with Crippen LogP contribution in [0.4, 0.5) is 0 Å². The van der Waals surface area contributed by atoms with Gasteiger partial charge >= 0.3 is 0 Å². The van der Waals surface area contributed by atoms with E-state index < -0.39 is 0 Å². The molecule has 1 aliphatic carbocycles. The maximum absolute atomic E-state index is 11.7. The fraction of sp³-hybridized carbons (Fsp3) is 0.933. The summed E-state index contributed by atoms with van der Waals surface area (Å²) in [5.74, 6) is 0.864. The first-order valence-electron chi connectivity index (χ1n) is 8.04.